The molecule has 0 radical (unpaired) electrons. The molecule has 0 bridgehead atoms. The zero-order valence-corrected chi connectivity index (χ0v) is 17.2. The molecule has 0 fully saturated rings. The molecule has 1 unspecified atom stereocenters. The van der Waals surface area contributed by atoms with E-state index in [9.17, 15) is 0 Å². The summed E-state index contributed by atoms with van der Waals surface area (Å²) >= 11 is 0. The van der Waals surface area contributed by atoms with Gasteiger partial charge in [0.2, 0.25) is 0 Å². The highest BCUT2D eigenvalue weighted by atomic mass is 14.8. The highest BCUT2D eigenvalue weighted by molar-refractivity contribution is 5.91. The van der Waals surface area contributed by atoms with Crippen molar-refractivity contribution in [2.24, 2.45) is 10.4 Å². The van der Waals surface area contributed by atoms with Gasteiger partial charge in [0.25, 0.3) is 0 Å². The first-order valence-corrected chi connectivity index (χ1v) is 9.45. The number of hydrogen-bond donors (Lipinski definition) is 0. The van der Waals surface area contributed by atoms with Gasteiger partial charge in [0, 0.05) is 11.1 Å². The maximum absolute atomic E-state index is 5.22. The molecule has 0 N–H and O–H groups in total. The monoisotopic (exact) mass is 327 g/mol. The average Bonchev–Trinajstić information content (AvgIpc) is 2.46. The first-order chi connectivity index (χ1) is 11.1. The van der Waals surface area contributed by atoms with Crippen molar-refractivity contribution in [3.8, 4) is 0 Å². The minimum Gasteiger partial charge on any atom is -0.257 e. The van der Waals surface area contributed by atoms with Crippen molar-refractivity contribution in [1.29, 1.82) is 0 Å². The van der Waals surface area contributed by atoms with Crippen LogP contribution in [0.1, 0.15) is 97.6 Å². The lowest BCUT2D eigenvalue weighted by Crippen LogP contribution is -2.26. The third-order valence-corrected chi connectivity index (χ3v) is 4.99. The summed E-state index contributed by atoms with van der Waals surface area (Å²) in [5.74, 6) is 0.961. The van der Waals surface area contributed by atoms with E-state index in [1.807, 2.05) is 0 Å². The van der Waals surface area contributed by atoms with E-state index in [4.69, 9.17) is 4.99 Å². The van der Waals surface area contributed by atoms with Gasteiger partial charge in [0.15, 0.2) is 0 Å². The number of aliphatic imine (C=N–C) groups is 1. The van der Waals surface area contributed by atoms with Crippen LogP contribution in [0.5, 0.6) is 0 Å². The third kappa shape index (κ3) is 5.06. The lowest BCUT2D eigenvalue weighted by molar-refractivity contribution is 0.416. The number of nitrogens with zero attached hydrogens (tertiary/aromatic N) is 1. The predicted octanol–water partition coefficient (Wildman–Crippen LogP) is 7.80. The molecule has 0 aliphatic carbocycles. The van der Waals surface area contributed by atoms with Gasteiger partial charge in [0.1, 0.15) is 0 Å². The summed E-state index contributed by atoms with van der Waals surface area (Å²) in [6.45, 7) is 22.1. The second kappa shape index (κ2) is 8.65. The summed E-state index contributed by atoms with van der Waals surface area (Å²) in [5.41, 5.74) is 6.48. The fourth-order valence-corrected chi connectivity index (χ4v) is 3.56. The zero-order chi connectivity index (χ0) is 18.5. The topological polar surface area (TPSA) is 12.4 Å². The Balaban J connectivity index is 3.48. The predicted molar refractivity (Wildman–Crippen MR) is 110 cm³/mol. The van der Waals surface area contributed by atoms with Crippen LogP contribution in [0.4, 0.5) is 5.69 Å². The smallest absolute Gasteiger partial charge is 0.0698 e. The normalized spacial score (nSPS) is 15.0. The van der Waals surface area contributed by atoms with Gasteiger partial charge in [-0.3, -0.25) is 4.99 Å². The summed E-state index contributed by atoms with van der Waals surface area (Å²) in [5, 5.41) is 0. The fraction of sp³-hybridized carbons (Fsp3) is 0.609. The Labute approximate surface area is 150 Å². The first kappa shape index (κ1) is 20.7. The molecule has 1 rings (SSSR count). The summed E-state index contributed by atoms with van der Waals surface area (Å²) in [6, 6.07) is 6.65. The lowest BCUT2D eigenvalue weighted by atomic mass is 9.76. The van der Waals surface area contributed by atoms with Gasteiger partial charge in [-0.1, -0.05) is 71.7 Å². The van der Waals surface area contributed by atoms with Crippen molar-refractivity contribution < 1.29 is 0 Å². The minimum absolute atomic E-state index is 0.0962. The molecule has 0 aromatic heterocycles. The van der Waals surface area contributed by atoms with Gasteiger partial charge in [-0.15, -0.1) is 6.58 Å². The van der Waals surface area contributed by atoms with Crippen LogP contribution in [0, 0.1) is 5.41 Å². The summed E-state index contributed by atoms with van der Waals surface area (Å²) < 4.78 is 0. The van der Waals surface area contributed by atoms with E-state index in [-0.39, 0.29) is 5.41 Å². The quantitative estimate of drug-likeness (QED) is 0.341. The molecule has 0 saturated carbocycles. The molecule has 134 valence electrons. The molecular formula is C23H37N. The number of para-hydroxylation sites is 1. The van der Waals surface area contributed by atoms with E-state index in [1.165, 1.54) is 34.5 Å². The molecule has 1 aromatic carbocycles. The lowest BCUT2D eigenvalue weighted by Gasteiger charge is -2.30. The van der Waals surface area contributed by atoms with Crippen LogP contribution in [0.15, 0.2) is 35.3 Å². The fourth-order valence-electron chi connectivity index (χ4n) is 3.56. The van der Waals surface area contributed by atoms with Crippen LogP contribution in [-0.4, -0.2) is 5.71 Å². The third-order valence-electron chi connectivity index (χ3n) is 4.99. The Morgan fingerprint density at radius 1 is 1.08 bits per heavy atom. The largest absolute Gasteiger partial charge is 0.257 e. The van der Waals surface area contributed by atoms with E-state index in [0.717, 1.165) is 12.8 Å². The average molecular weight is 328 g/mol. The molecule has 1 nitrogen and oxygen atoms in total. The Kier molecular flexibility index (Phi) is 7.45. The van der Waals surface area contributed by atoms with E-state index in [2.05, 4.69) is 80.2 Å². The van der Waals surface area contributed by atoms with Crippen LogP contribution in [0.25, 0.3) is 0 Å². The highest BCUT2D eigenvalue weighted by Crippen LogP contribution is 2.38. The van der Waals surface area contributed by atoms with Crippen molar-refractivity contribution in [2.45, 2.75) is 86.5 Å². The molecule has 0 heterocycles. The molecule has 0 aliphatic heterocycles. The van der Waals surface area contributed by atoms with Crippen LogP contribution in [-0.2, 0) is 0 Å². The van der Waals surface area contributed by atoms with Gasteiger partial charge in [-0.05, 0) is 49.7 Å². The second-order valence-electron chi connectivity index (χ2n) is 8.24. The summed E-state index contributed by atoms with van der Waals surface area (Å²) in [6.07, 6.45) is 3.33. The van der Waals surface area contributed by atoms with Crippen LogP contribution in [0.2, 0.25) is 0 Å². The molecule has 1 heteroatoms. The maximum Gasteiger partial charge on any atom is 0.0698 e. The molecular weight excluding hydrogens is 290 g/mol. The maximum atomic E-state index is 5.22. The van der Waals surface area contributed by atoms with Crippen molar-refractivity contribution in [1.82, 2.24) is 0 Å². The summed E-state index contributed by atoms with van der Waals surface area (Å²) in [4.78, 5) is 5.22. The highest BCUT2D eigenvalue weighted by Gasteiger charge is 2.27. The molecule has 24 heavy (non-hydrogen) atoms. The van der Waals surface area contributed by atoms with Gasteiger partial charge < -0.3 is 0 Å². The minimum atomic E-state index is 0.0962. The molecule has 0 amide bonds. The molecule has 0 aliphatic rings. The molecule has 1 atom stereocenters. The van der Waals surface area contributed by atoms with Crippen LogP contribution in [0.3, 0.4) is 0 Å². The van der Waals surface area contributed by atoms with Gasteiger partial charge >= 0.3 is 0 Å². The van der Waals surface area contributed by atoms with Crippen molar-refractivity contribution >= 4 is 11.4 Å². The van der Waals surface area contributed by atoms with Gasteiger partial charge in [0.05, 0.1) is 5.69 Å². The van der Waals surface area contributed by atoms with E-state index < -0.39 is 0 Å². The SMILES string of the molecule is C=C(C)CC(C)(CCC)C(C)=Nc1c(C(C)C)cccc1C(C)C. The summed E-state index contributed by atoms with van der Waals surface area (Å²) in [7, 11) is 0. The Hall–Kier alpha value is -1.37. The van der Waals surface area contributed by atoms with Crippen molar-refractivity contribution in [3.05, 3.63) is 41.5 Å². The van der Waals surface area contributed by atoms with Crippen LogP contribution >= 0.6 is 0 Å². The second-order valence-corrected chi connectivity index (χ2v) is 8.24. The molecule has 0 saturated heterocycles. The van der Waals surface area contributed by atoms with Gasteiger partial charge in [-0.25, -0.2) is 0 Å². The van der Waals surface area contributed by atoms with Gasteiger partial charge in [-0.2, -0.15) is 0 Å². The molecule has 1 aromatic rings. The number of benzene rings is 1. The molecule has 0 spiro atoms. The zero-order valence-electron chi connectivity index (χ0n) is 17.2. The van der Waals surface area contributed by atoms with E-state index in [0.29, 0.717) is 11.8 Å². The Morgan fingerprint density at radius 2 is 1.58 bits per heavy atom. The van der Waals surface area contributed by atoms with Crippen LogP contribution < -0.4 is 0 Å². The number of allylic oxidation sites excluding steroid dienone is 1. The number of rotatable bonds is 8. The number of hydrogen-bond acceptors (Lipinski definition) is 1. The van der Waals surface area contributed by atoms with E-state index in [1.54, 1.807) is 0 Å². The Morgan fingerprint density at radius 3 is 1.96 bits per heavy atom. The van der Waals surface area contributed by atoms with Crippen molar-refractivity contribution in [3.63, 3.8) is 0 Å². The Bertz CT molecular complexity index is 566. The van der Waals surface area contributed by atoms with Crippen molar-refractivity contribution in [2.75, 3.05) is 0 Å². The first-order valence-electron chi connectivity index (χ1n) is 9.45. The van der Waals surface area contributed by atoms with E-state index >= 15 is 0 Å². The standard InChI is InChI=1S/C23H37N/c1-10-14-23(9,15-16(2)3)19(8)24-22-20(17(4)5)12-11-13-21(22)18(6)7/h11-13,17-18H,2,10,14-15H2,1,3-9H3.